The number of hydrogen-bond donors (Lipinski definition) is 2. The van der Waals surface area contributed by atoms with Crippen LogP contribution in [0.1, 0.15) is 18.5 Å². The molecule has 0 fully saturated rings. The number of ether oxygens (including phenoxy) is 1. The van der Waals surface area contributed by atoms with Crippen LogP contribution in [0.4, 0.5) is 0 Å². The second kappa shape index (κ2) is 11.3. The molecule has 1 unspecified atom stereocenters. The lowest BCUT2D eigenvalue weighted by Crippen LogP contribution is -2.40. The van der Waals surface area contributed by atoms with Crippen LogP contribution in [0.2, 0.25) is 0 Å². The summed E-state index contributed by atoms with van der Waals surface area (Å²) in [6, 6.07) is 14.0. The van der Waals surface area contributed by atoms with Crippen molar-refractivity contribution >= 4 is 29.9 Å². The molecule has 0 radical (unpaired) electrons. The van der Waals surface area contributed by atoms with Crippen molar-refractivity contribution in [2.75, 3.05) is 20.2 Å². The zero-order chi connectivity index (χ0) is 18.9. The number of nitrogens with zero attached hydrogens (tertiary/aromatic N) is 4. The first kappa shape index (κ1) is 21.7. The van der Waals surface area contributed by atoms with E-state index < -0.39 is 0 Å². The predicted molar refractivity (Wildman–Crippen MR) is 122 cm³/mol. The Labute approximate surface area is 182 Å². The maximum Gasteiger partial charge on any atom is 0.191 e. The minimum atomic E-state index is 0. The number of benzene rings is 1. The molecule has 28 heavy (non-hydrogen) atoms. The zero-order valence-corrected chi connectivity index (χ0v) is 18.3. The molecule has 2 N–H and O–H groups in total. The van der Waals surface area contributed by atoms with E-state index in [-0.39, 0.29) is 30.0 Å². The van der Waals surface area contributed by atoms with E-state index in [4.69, 9.17) is 4.74 Å². The van der Waals surface area contributed by atoms with Gasteiger partial charge in [-0.25, -0.2) is 4.68 Å². The molecule has 1 aromatic carbocycles. The van der Waals surface area contributed by atoms with Gasteiger partial charge in [-0.15, -0.1) is 24.0 Å². The number of rotatable bonds is 7. The molecule has 148 valence electrons. The van der Waals surface area contributed by atoms with Crippen molar-refractivity contribution in [2.24, 2.45) is 4.99 Å². The summed E-state index contributed by atoms with van der Waals surface area (Å²) in [5.41, 5.74) is 2.18. The third-order valence-corrected chi connectivity index (χ3v) is 4.01. The highest BCUT2D eigenvalue weighted by atomic mass is 127. The Hall–Kier alpha value is -2.62. The van der Waals surface area contributed by atoms with E-state index in [0.29, 0.717) is 13.2 Å². The van der Waals surface area contributed by atoms with Crippen LogP contribution in [0.25, 0.3) is 5.69 Å². The molecule has 0 saturated carbocycles. The van der Waals surface area contributed by atoms with Crippen LogP contribution in [0.5, 0.6) is 5.75 Å². The summed E-state index contributed by atoms with van der Waals surface area (Å²) in [6.45, 7) is 3.26. The van der Waals surface area contributed by atoms with Gasteiger partial charge in [-0.1, -0.05) is 12.1 Å². The zero-order valence-electron chi connectivity index (χ0n) is 15.9. The third-order valence-electron chi connectivity index (χ3n) is 4.01. The van der Waals surface area contributed by atoms with Gasteiger partial charge in [-0.05, 0) is 42.8 Å². The molecule has 1 atom stereocenters. The number of halogens is 1. The molecule has 3 aromatic rings. The maximum absolute atomic E-state index is 5.63. The van der Waals surface area contributed by atoms with Gasteiger partial charge in [0.2, 0.25) is 0 Å². The van der Waals surface area contributed by atoms with Gasteiger partial charge in [-0.3, -0.25) is 9.98 Å². The van der Waals surface area contributed by atoms with Crippen LogP contribution in [0.15, 0.2) is 72.2 Å². The van der Waals surface area contributed by atoms with Gasteiger partial charge in [-0.2, -0.15) is 5.10 Å². The van der Waals surface area contributed by atoms with E-state index in [1.165, 1.54) is 0 Å². The lowest BCUT2D eigenvalue weighted by molar-refractivity contribution is 0.320. The number of hydrogen-bond acceptors (Lipinski definition) is 4. The predicted octanol–water partition coefficient (Wildman–Crippen LogP) is 3.19. The van der Waals surface area contributed by atoms with Crippen molar-refractivity contribution in [3.05, 3.63) is 72.8 Å². The van der Waals surface area contributed by atoms with Crippen molar-refractivity contribution in [2.45, 2.75) is 13.0 Å². The van der Waals surface area contributed by atoms with Gasteiger partial charge in [0.15, 0.2) is 5.96 Å². The molecule has 0 bridgehead atoms. The summed E-state index contributed by atoms with van der Waals surface area (Å²) in [4.78, 5) is 8.30. The van der Waals surface area contributed by atoms with Crippen LogP contribution in [-0.4, -0.2) is 40.9 Å². The van der Waals surface area contributed by atoms with Crippen molar-refractivity contribution < 1.29 is 4.74 Å². The summed E-state index contributed by atoms with van der Waals surface area (Å²) >= 11 is 0. The fraction of sp³-hybridized carbons (Fsp3) is 0.250. The number of pyridine rings is 1. The second-order valence-corrected chi connectivity index (χ2v) is 5.95. The second-order valence-electron chi connectivity index (χ2n) is 5.95. The fourth-order valence-corrected chi connectivity index (χ4v) is 2.61. The van der Waals surface area contributed by atoms with Gasteiger partial charge < -0.3 is 15.4 Å². The van der Waals surface area contributed by atoms with Crippen LogP contribution >= 0.6 is 24.0 Å². The lowest BCUT2D eigenvalue weighted by atomic mass is 10.1. The lowest BCUT2D eigenvalue weighted by Gasteiger charge is -2.19. The van der Waals surface area contributed by atoms with Crippen molar-refractivity contribution in [3.63, 3.8) is 0 Å². The molecule has 0 aliphatic rings. The molecular weight excluding hydrogens is 467 g/mol. The molecule has 8 heteroatoms. The van der Waals surface area contributed by atoms with Gasteiger partial charge in [0.1, 0.15) is 12.4 Å². The minimum absolute atomic E-state index is 0. The Morgan fingerprint density at radius 3 is 2.82 bits per heavy atom. The van der Waals surface area contributed by atoms with Gasteiger partial charge >= 0.3 is 0 Å². The van der Waals surface area contributed by atoms with E-state index in [2.05, 4.69) is 44.8 Å². The SMILES string of the molecule is CN=C(NCCOc1cccnc1)NC(C)c1cccc(-n2cccn2)c1.I. The topological polar surface area (TPSA) is 76.4 Å². The quantitative estimate of drug-likeness (QED) is 0.229. The van der Waals surface area contributed by atoms with Crippen LogP contribution in [0.3, 0.4) is 0 Å². The van der Waals surface area contributed by atoms with Crippen LogP contribution in [-0.2, 0) is 0 Å². The maximum atomic E-state index is 5.63. The Bertz CT molecular complexity index is 854. The molecule has 0 amide bonds. The average molecular weight is 492 g/mol. The highest BCUT2D eigenvalue weighted by Crippen LogP contribution is 2.16. The van der Waals surface area contributed by atoms with E-state index in [9.17, 15) is 0 Å². The fourth-order valence-electron chi connectivity index (χ4n) is 2.61. The summed E-state index contributed by atoms with van der Waals surface area (Å²) in [7, 11) is 1.75. The number of aliphatic imine (C=N–C) groups is 1. The Morgan fingerprint density at radius 1 is 1.21 bits per heavy atom. The smallest absolute Gasteiger partial charge is 0.191 e. The first-order valence-corrected chi connectivity index (χ1v) is 8.86. The largest absolute Gasteiger partial charge is 0.490 e. The normalized spacial score (nSPS) is 12.0. The monoisotopic (exact) mass is 492 g/mol. The van der Waals surface area contributed by atoms with Gasteiger partial charge in [0.05, 0.1) is 24.5 Å². The van der Waals surface area contributed by atoms with Crippen molar-refractivity contribution in [3.8, 4) is 11.4 Å². The molecular formula is C20H25IN6O. The summed E-state index contributed by atoms with van der Waals surface area (Å²) in [6.07, 6.45) is 7.12. The molecule has 0 saturated heterocycles. The molecule has 2 aromatic heterocycles. The van der Waals surface area contributed by atoms with Crippen molar-refractivity contribution in [1.82, 2.24) is 25.4 Å². The Kier molecular flexibility index (Phi) is 8.73. The number of nitrogens with one attached hydrogen (secondary N) is 2. The molecule has 0 spiro atoms. The number of guanidine groups is 1. The van der Waals surface area contributed by atoms with Crippen LogP contribution < -0.4 is 15.4 Å². The van der Waals surface area contributed by atoms with E-state index in [0.717, 1.165) is 23.0 Å². The standard InChI is InChI=1S/C20H24N6O.HI/c1-16(17-6-3-7-18(14-17)26-12-5-10-24-26)25-20(21-2)23-11-13-27-19-8-4-9-22-15-19;/h3-10,12,14-16H,11,13H2,1-2H3,(H2,21,23,25);1H. The molecule has 0 aliphatic heterocycles. The average Bonchev–Trinajstić information content (AvgIpc) is 3.26. The Morgan fingerprint density at radius 2 is 2.11 bits per heavy atom. The summed E-state index contributed by atoms with van der Waals surface area (Å²) in [5.74, 6) is 1.48. The molecule has 3 rings (SSSR count). The first-order chi connectivity index (χ1) is 13.3. The molecule has 7 nitrogen and oxygen atoms in total. The first-order valence-electron chi connectivity index (χ1n) is 8.86. The highest BCUT2D eigenvalue weighted by molar-refractivity contribution is 14.0. The third kappa shape index (κ3) is 6.22. The van der Waals surface area contributed by atoms with Crippen LogP contribution in [0, 0.1) is 0 Å². The van der Waals surface area contributed by atoms with Gasteiger partial charge in [0.25, 0.3) is 0 Å². The van der Waals surface area contributed by atoms with Gasteiger partial charge in [0, 0.05) is 25.6 Å². The summed E-state index contributed by atoms with van der Waals surface area (Å²) < 4.78 is 7.48. The summed E-state index contributed by atoms with van der Waals surface area (Å²) in [5, 5.41) is 10.9. The number of aromatic nitrogens is 3. The van der Waals surface area contributed by atoms with E-state index in [1.807, 2.05) is 41.2 Å². The molecule has 2 heterocycles. The minimum Gasteiger partial charge on any atom is -0.490 e. The highest BCUT2D eigenvalue weighted by Gasteiger charge is 2.09. The van der Waals surface area contributed by atoms with E-state index >= 15 is 0 Å². The Balaban J connectivity index is 0.00000280. The molecule has 0 aliphatic carbocycles. The van der Waals surface area contributed by atoms with E-state index in [1.54, 1.807) is 25.6 Å². The van der Waals surface area contributed by atoms with Crippen molar-refractivity contribution in [1.29, 1.82) is 0 Å².